The summed E-state index contributed by atoms with van der Waals surface area (Å²) < 4.78 is 13.6. The molecule has 1 amide bonds. The fourth-order valence-electron chi connectivity index (χ4n) is 2.37. The molecule has 6 heteroatoms. The maximum absolute atomic E-state index is 13.6. The number of halogens is 1. The first-order valence-electron chi connectivity index (χ1n) is 7.90. The van der Waals surface area contributed by atoms with Gasteiger partial charge >= 0.3 is 0 Å². The molecule has 0 saturated heterocycles. The van der Waals surface area contributed by atoms with E-state index in [0.717, 1.165) is 5.69 Å². The Morgan fingerprint density at radius 3 is 2.69 bits per heavy atom. The van der Waals surface area contributed by atoms with Gasteiger partial charge in [-0.25, -0.2) is 4.39 Å². The number of hydrogen-bond acceptors (Lipinski definition) is 4. The van der Waals surface area contributed by atoms with E-state index in [0.29, 0.717) is 16.8 Å². The van der Waals surface area contributed by atoms with E-state index in [2.05, 4.69) is 21.7 Å². The van der Waals surface area contributed by atoms with Gasteiger partial charge in [0.05, 0.1) is 11.6 Å². The lowest BCUT2D eigenvalue weighted by Crippen LogP contribution is -2.24. The molecule has 0 aliphatic rings. The molecular formula is C20H15FN4O. The summed E-state index contributed by atoms with van der Waals surface area (Å²) in [7, 11) is 0. The number of anilines is 2. The first-order chi connectivity index (χ1) is 12.7. The SMILES string of the molecule is N#Cc1cccc(Nc2ccnc(C(=O)NCc3ccccc3F)c2)c1. The first-order valence-corrected chi connectivity index (χ1v) is 7.90. The molecule has 1 aromatic heterocycles. The lowest BCUT2D eigenvalue weighted by molar-refractivity contribution is 0.0945. The molecule has 5 nitrogen and oxygen atoms in total. The second-order valence-corrected chi connectivity index (χ2v) is 5.52. The van der Waals surface area contributed by atoms with Crippen LogP contribution in [0.1, 0.15) is 21.6 Å². The maximum atomic E-state index is 13.6. The van der Waals surface area contributed by atoms with Crippen LogP contribution in [0.4, 0.5) is 15.8 Å². The van der Waals surface area contributed by atoms with Crippen LogP contribution in [0.3, 0.4) is 0 Å². The summed E-state index contributed by atoms with van der Waals surface area (Å²) in [4.78, 5) is 16.3. The molecule has 0 bridgehead atoms. The van der Waals surface area contributed by atoms with Crippen molar-refractivity contribution >= 4 is 17.3 Å². The quantitative estimate of drug-likeness (QED) is 0.737. The van der Waals surface area contributed by atoms with Crippen LogP contribution in [0.2, 0.25) is 0 Å². The summed E-state index contributed by atoms with van der Waals surface area (Å²) in [6, 6.07) is 18.6. The molecule has 2 N–H and O–H groups in total. The van der Waals surface area contributed by atoms with Crippen molar-refractivity contribution in [3.63, 3.8) is 0 Å². The van der Waals surface area contributed by atoms with Gasteiger partial charge in [0.2, 0.25) is 0 Å². The molecule has 128 valence electrons. The van der Waals surface area contributed by atoms with Crippen molar-refractivity contribution in [2.45, 2.75) is 6.54 Å². The van der Waals surface area contributed by atoms with E-state index in [1.807, 2.05) is 6.07 Å². The minimum absolute atomic E-state index is 0.0784. The zero-order valence-electron chi connectivity index (χ0n) is 13.7. The second kappa shape index (κ2) is 7.90. The van der Waals surface area contributed by atoms with Crippen LogP contribution in [0.25, 0.3) is 0 Å². The Kier molecular flexibility index (Phi) is 5.20. The van der Waals surface area contributed by atoms with Crippen LogP contribution in [-0.2, 0) is 6.54 Å². The van der Waals surface area contributed by atoms with Crippen molar-refractivity contribution in [3.05, 3.63) is 89.5 Å². The predicted octanol–water partition coefficient (Wildman–Crippen LogP) is 3.77. The van der Waals surface area contributed by atoms with Crippen LogP contribution >= 0.6 is 0 Å². The monoisotopic (exact) mass is 346 g/mol. The van der Waals surface area contributed by atoms with Gasteiger partial charge in [0.1, 0.15) is 11.5 Å². The Balaban J connectivity index is 1.69. The van der Waals surface area contributed by atoms with Crippen molar-refractivity contribution in [3.8, 4) is 6.07 Å². The van der Waals surface area contributed by atoms with Gasteiger partial charge in [0.25, 0.3) is 5.91 Å². The van der Waals surface area contributed by atoms with Crippen molar-refractivity contribution in [1.82, 2.24) is 10.3 Å². The lowest BCUT2D eigenvalue weighted by Gasteiger charge is -2.09. The van der Waals surface area contributed by atoms with Crippen molar-refractivity contribution < 1.29 is 9.18 Å². The van der Waals surface area contributed by atoms with Gasteiger partial charge in [-0.05, 0) is 36.4 Å². The van der Waals surface area contributed by atoms with Crippen molar-refractivity contribution in [1.29, 1.82) is 5.26 Å². The molecule has 0 atom stereocenters. The number of nitriles is 1. The van der Waals surface area contributed by atoms with Gasteiger partial charge in [-0.2, -0.15) is 5.26 Å². The average Bonchev–Trinajstić information content (AvgIpc) is 2.67. The number of nitrogens with one attached hydrogen (secondary N) is 2. The second-order valence-electron chi connectivity index (χ2n) is 5.52. The number of pyridine rings is 1. The number of carbonyl (C=O) groups excluding carboxylic acids is 1. The van der Waals surface area contributed by atoms with Gasteiger partial charge < -0.3 is 10.6 Å². The Hall–Kier alpha value is -3.72. The van der Waals surface area contributed by atoms with E-state index in [1.165, 1.54) is 12.3 Å². The molecule has 1 heterocycles. The molecule has 0 aliphatic heterocycles. The highest BCUT2D eigenvalue weighted by Crippen LogP contribution is 2.18. The average molecular weight is 346 g/mol. The molecular weight excluding hydrogens is 331 g/mol. The van der Waals surface area contributed by atoms with Gasteiger partial charge in [0, 0.05) is 29.7 Å². The van der Waals surface area contributed by atoms with E-state index in [9.17, 15) is 9.18 Å². The van der Waals surface area contributed by atoms with Crippen molar-refractivity contribution in [2.75, 3.05) is 5.32 Å². The molecule has 0 radical (unpaired) electrons. The Morgan fingerprint density at radius 2 is 1.88 bits per heavy atom. The van der Waals surface area contributed by atoms with Gasteiger partial charge in [-0.1, -0.05) is 24.3 Å². The Bertz CT molecular complexity index is 981. The molecule has 3 aromatic rings. The lowest BCUT2D eigenvalue weighted by atomic mass is 10.2. The molecule has 3 rings (SSSR count). The van der Waals surface area contributed by atoms with Crippen LogP contribution < -0.4 is 10.6 Å². The van der Waals surface area contributed by atoms with E-state index >= 15 is 0 Å². The largest absolute Gasteiger partial charge is 0.355 e. The normalized spacial score (nSPS) is 10.0. The highest BCUT2D eigenvalue weighted by molar-refractivity contribution is 5.93. The number of aromatic nitrogens is 1. The summed E-state index contributed by atoms with van der Waals surface area (Å²) in [5, 5.41) is 14.7. The minimum Gasteiger partial charge on any atom is -0.355 e. The molecule has 26 heavy (non-hydrogen) atoms. The number of hydrogen-bond donors (Lipinski definition) is 2. The summed E-state index contributed by atoms with van der Waals surface area (Å²) in [5.74, 6) is -0.767. The summed E-state index contributed by atoms with van der Waals surface area (Å²) in [6.45, 7) is 0.0784. The number of nitrogens with zero attached hydrogens (tertiary/aromatic N) is 2. The fraction of sp³-hybridized carbons (Fsp3) is 0.0500. The van der Waals surface area contributed by atoms with Crippen LogP contribution in [0.15, 0.2) is 66.9 Å². The highest BCUT2D eigenvalue weighted by atomic mass is 19.1. The molecule has 2 aromatic carbocycles. The summed E-state index contributed by atoms with van der Waals surface area (Å²) in [6.07, 6.45) is 1.51. The summed E-state index contributed by atoms with van der Waals surface area (Å²) in [5.41, 5.74) is 2.54. The smallest absolute Gasteiger partial charge is 0.270 e. The maximum Gasteiger partial charge on any atom is 0.270 e. The number of amides is 1. The minimum atomic E-state index is -0.400. The number of benzene rings is 2. The van der Waals surface area contributed by atoms with Gasteiger partial charge in [0.15, 0.2) is 0 Å². The van der Waals surface area contributed by atoms with Crippen molar-refractivity contribution in [2.24, 2.45) is 0 Å². The van der Waals surface area contributed by atoms with E-state index in [4.69, 9.17) is 5.26 Å². The van der Waals surface area contributed by atoms with Crippen LogP contribution in [0.5, 0.6) is 0 Å². The van der Waals surface area contributed by atoms with E-state index < -0.39 is 5.91 Å². The zero-order valence-corrected chi connectivity index (χ0v) is 13.7. The predicted molar refractivity (Wildman–Crippen MR) is 96.2 cm³/mol. The van der Waals surface area contributed by atoms with E-state index in [1.54, 1.807) is 48.5 Å². The molecule has 0 unspecified atom stereocenters. The summed E-state index contributed by atoms with van der Waals surface area (Å²) >= 11 is 0. The van der Waals surface area contributed by atoms with Crippen LogP contribution in [0, 0.1) is 17.1 Å². The van der Waals surface area contributed by atoms with Gasteiger partial charge in [-0.3, -0.25) is 9.78 Å². The third kappa shape index (κ3) is 4.22. The standard InChI is InChI=1S/C20H15FN4O/c21-18-7-2-1-5-15(18)13-24-20(26)19-11-17(8-9-23-19)25-16-6-3-4-14(10-16)12-22/h1-11H,13H2,(H,23,25)(H,24,26). The molecule has 0 spiro atoms. The molecule has 0 fully saturated rings. The zero-order chi connectivity index (χ0) is 18.4. The van der Waals surface area contributed by atoms with Crippen LogP contribution in [-0.4, -0.2) is 10.9 Å². The number of rotatable bonds is 5. The Morgan fingerprint density at radius 1 is 1.08 bits per heavy atom. The third-order valence-electron chi connectivity index (χ3n) is 3.67. The topological polar surface area (TPSA) is 77.8 Å². The highest BCUT2D eigenvalue weighted by Gasteiger charge is 2.09. The fourth-order valence-corrected chi connectivity index (χ4v) is 2.37. The Labute approximate surface area is 150 Å². The van der Waals surface area contributed by atoms with E-state index in [-0.39, 0.29) is 18.1 Å². The molecule has 0 saturated carbocycles. The molecule has 0 aliphatic carbocycles. The number of carbonyl (C=O) groups is 1. The first kappa shape index (κ1) is 17.1. The van der Waals surface area contributed by atoms with Gasteiger partial charge in [-0.15, -0.1) is 0 Å². The third-order valence-corrected chi connectivity index (χ3v) is 3.67.